The van der Waals surface area contributed by atoms with Gasteiger partial charge in [-0.05, 0) is 45.0 Å². The second kappa shape index (κ2) is 10.0. The van der Waals surface area contributed by atoms with E-state index in [2.05, 4.69) is 5.10 Å². The number of nitrogens with zero attached hydrogens (tertiary/aromatic N) is 5. The smallest absolute Gasteiger partial charge is 0.254 e. The Morgan fingerprint density at radius 1 is 0.919 bits per heavy atom. The average molecular weight is 498 g/mol. The Bertz CT molecular complexity index is 1450. The zero-order chi connectivity index (χ0) is 26.1. The predicted molar refractivity (Wildman–Crippen MR) is 143 cm³/mol. The molecule has 8 heteroatoms. The van der Waals surface area contributed by atoms with Gasteiger partial charge in [-0.25, -0.2) is 9.67 Å². The van der Waals surface area contributed by atoms with Crippen LogP contribution in [-0.4, -0.2) is 69.7 Å². The third kappa shape index (κ3) is 4.79. The highest BCUT2D eigenvalue weighted by atomic mass is 16.5. The predicted octanol–water partition coefficient (Wildman–Crippen LogP) is 4.59. The fourth-order valence-electron chi connectivity index (χ4n) is 4.67. The molecule has 5 rings (SSSR count). The number of aryl methyl sites for hydroxylation is 1. The number of rotatable bonds is 5. The Hall–Kier alpha value is -4.20. The van der Waals surface area contributed by atoms with Gasteiger partial charge >= 0.3 is 0 Å². The molecule has 0 unspecified atom stereocenters. The fraction of sp³-hybridized carbons (Fsp3) is 0.310. The molecular formula is C29H31N5O3. The van der Waals surface area contributed by atoms with Crippen LogP contribution in [0.4, 0.5) is 0 Å². The maximum atomic E-state index is 13.8. The number of carbonyl (C=O) groups is 2. The lowest BCUT2D eigenvalue weighted by Crippen LogP contribution is -2.50. The van der Waals surface area contributed by atoms with Crippen LogP contribution in [0.2, 0.25) is 0 Å². The maximum Gasteiger partial charge on any atom is 0.254 e. The molecule has 0 atom stereocenters. The van der Waals surface area contributed by atoms with Crippen molar-refractivity contribution in [3.63, 3.8) is 0 Å². The third-order valence-electron chi connectivity index (χ3n) is 6.80. The zero-order valence-electron chi connectivity index (χ0n) is 21.6. The van der Waals surface area contributed by atoms with Gasteiger partial charge < -0.3 is 14.5 Å². The molecule has 2 aromatic carbocycles. The lowest BCUT2D eigenvalue weighted by molar-refractivity contribution is 0.0536. The molecule has 190 valence electrons. The summed E-state index contributed by atoms with van der Waals surface area (Å²) in [5.41, 5.74) is 4.72. The molecule has 0 bridgehead atoms. The number of piperazine rings is 1. The fourth-order valence-corrected chi connectivity index (χ4v) is 4.67. The topological polar surface area (TPSA) is 80.6 Å². The standard InChI is InChI=1S/C29H31N5O3/c1-19(2)34-27-25(18-30-34)24(17-26(31-27)21-10-8-20(3)9-11-21)29(36)33-14-12-32(13-15-33)28(35)22-6-5-7-23(16-22)37-4/h5-11,16-19H,12-15H2,1-4H3. The zero-order valence-corrected chi connectivity index (χ0v) is 21.6. The van der Waals surface area contributed by atoms with Crippen molar-refractivity contribution in [1.29, 1.82) is 0 Å². The monoisotopic (exact) mass is 497 g/mol. The van der Waals surface area contributed by atoms with Gasteiger partial charge in [0.25, 0.3) is 11.8 Å². The number of ether oxygens (including phenoxy) is 1. The van der Waals surface area contributed by atoms with Crippen LogP contribution in [0.1, 0.15) is 46.2 Å². The minimum absolute atomic E-state index is 0.0582. The molecule has 1 aliphatic rings. The Morgan fingerprint density at radius 2 is 1.59 bits per heavy atom. The van der Waals surface area contributed by atoms with E-state index >= 15 is 0 Å². The highest BCUT2D eigenvalue weighted by molar-refractivity contribution is 6.06. The Morgan fingerprint density at radius 3 is 2.24 bits per heavy atom. The average Bonchev–Trinajstić information content (AvgIpc) is 3.37. The van der Waals surface area contributed by atoms with E-state index in [0.29, 0.717) is 48.7 Å². The molecule has 1 aliphatic heterocycles. The first kappa shape index (κ1) is 24.5. The van der Waals surface area contributed by atoms with Gasteiger partial charge in [-0.3, -0.25) is 9.59 Å². The van der Waals surface area contributed by atoms with E-state index in [1.54, 1.807) is 30.3 Å². The van der Waals surface area contributed by atoms with Crippen LogP contribution in [0.15, 0.2) is 60.8 Å². The van der Waals surface area contributed by atoms with E-state index in [9.17, 15) is 9.59 Å². The Balaban J connectivity index is 1.41. The third-order valence-corrected chi connectivity index (χ3v) is 6.80. The summed E-state index contributed by atoms with van der Waals surface area (Å²) in [6, 6.07) is 17.3. The van der Waals surface area contributed by atoms with Gasteiger partial charge in [-0.1, -0.05) is 35.9 Å². The number of benzene rings is 2. The van der Waals surface area contributed by atoms with Crippen molar-refractivity contribution in [1.82, 2.24) is 24.6 Å². The molecule has 2 amide bonds. The SMILES string of the molecule is COc1cccc(C(=O)N2CCN(C(=O)c3cc(-c4ccc(C)cc4)nc4c3cnn4C(C)C)CC2)c1. The molecule has 1 fully saturated rings. The molecule has 0 saturated carbocycles. The van der Waals surface area contributed by atoms with E-state index in [4.69, 9.17) is 9.72 Å². The summed E-state index contributed by atoms with van der Waals surface area (Å²) in [5.74, 6) is 0.516. The first-order valence-electron chi connectivity index (χ1n) is 12.5. The van der Waals surface area contributed by atoms with Gasteiger partial charge in [0, 0.05) is 43.3 Å². The van der Waals surface area contributed by atoms with Crippen LogP contribution in [0, 0.1) is 6.92 Å². The number of methoxy groups -OCH3 is 1. The van der Waals surface area contributed by atoms with Crippen molar-refractivity contribution in [3.8, 4) is 17.0 Å². The largest absolute Gasteiger partial charge is 0.497 e. The molecule has 1 saturated heterocycles. The van der Waals surface area contributed by atoms with Gasteiger partial charge in [0.15, 0.2) is 5.65 Å². The van der Waals surface area contributed by atoms with E-state index in [0.717, 1.165) is 22.2 Å². The Labute approximate surface area is 216 Å². The van der Waals surface area contributed by atoms with Crippen molar-refractivity contribution in [2.45, 2.75) is 26.8 Å². The molecular weight excluding hydrogens is 466 g/mol. The van der Waals surface area contributed by atoms with E-state index < -0.39 is 0 Å². The van der Waals surface area contributed by atoms with Crippen LogP contribution in [0.3, 0.4) is 0 Å². The summed E-state index contributed by atoms with van der Waals surface area (Å²) in [6.07, 6.45) is 1.73. The normalized spacial score (nSPS) is 13.9. The van der Waals surface area contributed by atoms with Crippen LogP contribution in [0.5, 0.6) is 5.75 Å². The minimum atomic E-state index is -0.0717. The molecule has 0 aliphatic carbocycles. The lowest BCUT2D eigenvalue weighted by Gasteiger charge is -2.35. The van der Waals surface area contributed by atoms with Gasteiger partial charge in [0.1, 0.15) is 5.75 Å². The summed E-state index contributed by atoms with van der Waals surface area (Å²) in [4.78, 5) is 35.3. The second-order valence-corrected chi connectivity index (χ2v) is 9.66. The maximum absolute atomic E-state index is 13.8. The summed E-state index contributed by atoms with van der Waals surface area (Å²) >= 11 is 0. The van der Waals surface area contributed by atoms with Crippen molar-refractivity contribution < 1.29 is 14.3 Å². The lowest BCUT2D eigenvalue weighted by atomic mass is 10.0. The molecule has 0 N–H and O–H groups in total. The molecule has 37 heavy (non-hydrogen) atoms. The molecule has 2 aromatic heterocycles. The first-order valence-corrected chi connectivity index (χ1v) is 12.5. The highest BCUT2D eigenvalue weighted by Gasteiger charge is 2.28. The molecule has 4 aromatic rings. The molecule has 3 heterocycles. The van der Waals surface area contributed by atoms with Crippen molar-refractivity contribution in [3.05, 3.63) is 77.5 Å². The number of fused-ring (bicyclic) bond motifs is 1. The van der Waals surface area contributed by atoms with Crippen LogP contribution in [-0.2, 0) is 0 Å². The number of aromatic nitrogens is 3. The van der Waals surface area contributed by atoms with Crippen LogP contribution < -0.4 is 4.74 Å². The number of carbonyl (C=O) groups excluding carboxylic acids is 2. The van der Waals surface area contributed by atoms with Gasteiger partial charge in [0.05, 0.1) is 30.0 Å². The van der Waals surface area contributed by atoms with Crippen molar-refractivity contribution in [2.75, 3.05) is 33.3 Å². The first-order chi connectivity index (χ1) is 17.9. The summed E-state index contributed by atoms with van der Waals surface area (Å²) in [6.45, 7) is 7.98. The number of amides is 2. The van der Waals surface area contributed by atoms with Crippen LogP contribution >= 0.6 is 0 Å². The molecule has 0 spiro atoms. The van der Waals surface area contributed by atoms with E-state index in [1.165, 1.54) is 0 Å². The second-order valence-electron chi connectivity index (χ2n) is 9.66. The van der Waals surface area contributed by atoms with Crippen LogP contribution in [0.25, 0.3) is 22.3 Å². The Kier molecular flexibility index (Phi) is 6.65. The molecule has 8 nitrogen and oxygen atoms in total. The highest BCUT2D eigenvalue weighted by Crippen LogP contribution is 2.28. The van der Waals surface area contributed by atoms with E-state index in [1.807, 2.05) is 72.8 Å². The number of hydrogen-bond donors (Lipinski definition) is 0. The summed E-state index contributed by atoms with van der Waals surface area (Å²) in [5, 5.41) is 5.28. The number of hydrogen-bond acceptors (Lipinski definition) is 5. The van der Waals surface area contributed by atoms with Gasteiger partial charge in [-0.15, -0.1) is 0 Å². The van der Waals surface area contributed by atoms with Crippen molar-refractivity contribution in [2.24, 2.45) is 0 Å². The van der Waals surface area contributed by atoms with Crippen molar-refractivity contribution >= 4 is 22.8 Å². The summed E-state index contributed by atoms with van der Waals surface area (Å²) < 4.78 is 7.11. The molecule has 0 radical (unpaired) electrons. The number of pyridine rings is 1. The minimum Gasteiger partial charge on any atom is -0.497 e. The quantitative estimate of drug-likeness (QED) is 0.403. The van der Waals surface area contributed by atoms with Gasteiger partial charge in [0.2, 0.25) is 0 Å². The van der Waals surface area contributed by atoms with Gasteiger partial charge in [-0.2, -0.15) is 5.10 Å². The summed E-state index contributed by atoms with van der Waals surface area (Å²) in [7, 11) is 1.58. The van der Waals surface area contributed by atoms with E-state index in [-0.39, 0.29) is 17.9 Å².